The minimum Gasteiger partial charge on any atom is -0.390 e. The topological polar surface area (TPSA) is 91.3 Å². The molecule has 2 aliphatic rings. The molecular formula is C20H30O7S. The third kappa shape index (κ3) is 4.93. The van der Waals surface area contributed by atoms with Crippen LogP contribution in [0.25, 0.3) is 0 Å². The van der Waals surface area contributed by atoms with Gasteiger partial charge in [0.15, 0.2) is 21.4 Å². The number of rotatable bonds is 6. The Bertz CT molecular complexity index is 785. The lowest BCUT2D eigenvalue weighted by Crippen LogP contribution is -2.44. The van der Waals surface area contributed by atoms with E-state index in [1.807, 2.05) is 20.8 Å². The molecule has 7 nitrogen and oxygen atoms in total. The normalized spacial score (nSPS) is 30.4. The van der Waals surface area contributed by atoms with Gasteiger partial charge in [-0.3, -0.25) is 0 Å². The van der Waals surface area contributed by atoms with E-state index in [1.54, 1.807) is 38.1 Å². The summed E-state index contributed by atoms with van der Waals surface area (Å²) in [6.07, 6.45) is -2.63. The first-order valence-corrected chi connectivity index (χ1v) is 11.2. The van der Waals surface area contributed by atoms with Crippen LogP contribution in [-0.2, 0) is 28.8 Å². The van der Waals surface area contributed by atoms with Crippen LogP contribution >= 0.6 is 0 Å². The molecule has 28 heavy (non-hydrogen) atoms. The quantitative estimate of drug-likeness (QED) is 0.763. The molecular weight excluding hydrogens is 384 g/mol. The van der Waals surface area contributed by atoms with Crippen LogP contribution in [-0.4, -0.2) is 61.9 Å². The summed E-state index contributed by atoms with van der Waals surface area (Å²) in [5, 5.41) is 10.7. The van der Waals surface area contributed by atoms with Crippen LogP contribution in [0.1, 0.15) is 39.7 Å². The van der Waals surface area contributed by atoms with E-state index in [1.165, 1.54) is 0 Å². The molecule has 0 unspecified atom stereocenters. The number of hydrogen-bond acceptors (Lipinski definition) is 7. The van der Waals surface area contributed by atoms with Gasteiger partial charge in [0.1, 0.15) is 18.3 Å². The highest BCUT2D eigenvalue weighted by molar-refractivity contribution is 7.91. The molecule has 3 rings (SSSR count). The van der Waals surface area contributed by atoms with Crippen LogP contribution in [0.5, 0.6) is 0 Å². The molecule has 0 saturated carbocycles. The summed E-state index contributed by atoms with van der Waals surface area (Å²) < 4.78 is 48.5. The number of ether oxygens (including phenoxy) is 4. The molecule has 8 heteroatoms. The van der Waals surface area contributed by atoms with Gasteiger partial charge in [-0.25, -0.2) is 8.42 Å². The monoisotopic (exact) mass is 414 g/mol. The molecule has 4 atom stereocenters. The summed E-state index contributed by atoms with van der Waals surface area (Å²) in [6.45, 7) is 9.37. The maximum Gasteiger partial charge on any atom is 0.178 e. The first kappa shape index (κ1) is 21.7. The third-order valence-electron chi connectivity index (χ3n) is 5.00. The fraction of sp³-hybridized carbons (Fsp3) is 0.700. The average Bonchev–Trinajstić information content (AvgIpc) is 3.12. The molecule has 1 aromatic carbocycles. The second-order valence-corrected chi connectivity index (χ2v) is 10.5. The predicted octanol–water partition coefficient (Wildman–Crippen LogP) is 2.19. The largest absolute Gasteiger partial charge is 0.390 e. The fourth-order valence-corrected chi connectivity index (χ4v) is 4.92. The lowest BCUT2D eigenvalue weighted by atomic mass is 10.0. The van der Waals surface area contributed by atoms with E-state index in [0.717, 1.165) is 5.56 Å². The number of hydrogen-bond donors (Lipinski definition) is 1. The summed E-state index contributed by atoms with van der Waals surface area (Å²) in [5.74, 6) is -1.81. The average molecular weight is 415 g/mol. The van der Waals surface area contributed by atoms with E-state index in [2.05, 4.69) is 0 Å². The zero-order chi connectivity index (χ0) is 20.7. The number of aryl methyl sites for hydroxylation is 1. The minimum atomic E-state index is -3.50. The molecule has 1 N–H and O–H groups in total. The molecule has 0 bridgehead atoms. The zero-order valence-electron chi connectivity index (χ0n) is 17.0. The molecule has 0 radical (unpaired) electrons. The van der Waals surface area contributed by atoms with E-state index < -0.39 is 45.8 Å². The van der Waals surface area contributed by atoms with Crippen molar-refractivity contribution >= 4 is 9.84 Å². The maximum absolute atomic E-state index is 12.6. The van der Waals surface area contributed by atoms with E-state index in [4.69, 9.17) is 18.9 Å². The van der Waals surface area contributed by atoms with Crippen molar-refractivity contribution in [3.63, 3.8) is 0 Å². The Morgan fingerprint density at radius 2 is 1.71 bits per heavy atom. The molecule has 158 valence electrons. The summed E-state index contributed by atoms with van der Waals surface area (Å²) in [6, 6.07) is 6.69. The highest BCUT2D eigenvalue weighted by Gasteiger charge is 2.51. The van der Waals surface area contributed by atoms with Crippen molar-refractivity contribution in [2.75, 3.05) is 12.4 Å². The van der Waals surface area contributed by atoms with Crippen LogP contribution in [0, 0.1) is 6.92 Å². The molecule has 2 aliphatic heterocycles. The number of aliphatic hydroxyl groups excluding tert-OH is 1. The van der Waals surface area contributed by atoms with Crippen molar-refractivity contribution < 1.29 is 32.5 Å². The second-order valence-electron chi connectivity index (χ2n) is 8.42. The fourth-order valence-electron chi connectivity index (χ4n) is 3.58. The highest BCUT2D eigenvalue weighted by atomic mass is 32.2. The van der Waals surface area contributed by atoms with Crippen molar-refractivity contribution in [2.45, 2.75) is 81.9 Å². The first-order chi connectivity index (χ1) is 12.9. The molecule has 2 heterocycles. The minimum absolute atomic E-state index is 0.0355. The smallest absolute Gasteiger partial charge is 0.178 e. The van der Waals surface area contributed by atoms with Crippen LogP contribution in [0.2, 0.25) is 0 Å². The van der Waals surface area contributed by atoms with E-state index in [-0.39, 0.29) is 17.1 Å². The Kier molecular flexibility index (Phi) is 5.93. The van der Waals surface area contributed by atoms with Crippen LogP contribution in [0.3, 0.4) is 0 Å². The summed E-state index contributed by atoms with van der Waals surface area (Å²) in [4.78, 5) is 0.250. The third-order valence-corrected chi connectivity index (χ3v) is 6.77. The Labute approximate surface area is 166 Å². The molecule has 0 spiro atoms. The number of aliphatic hydroxyl groups is 1. The van der Waals surface area contributed by atoms with Gasteiger partial charge in [0.05, 0.1) is 23.4 Å². The highest BCUT2D eigenvalue weighted by Crippen LogP contribution is 2.37. The van der Waals surface area contributed by atoms with Crippen LogP contribution < -0.4 is 0 Å². The van der Waals surface area contributed by atoms with Gasteiger partial charge in [0, 0.05) is 0 Å². The summed E-state index contributed by atoms with van der Waals surface area (Å²) in [5.41, 5.74) is 0.988. The van der Waals surface area contributed by atoms with Crippen LogP contribution in [0.15, 0.2) is 29.2 Å². The van der Waals surface area contributed by atoms with Gasteiger partial charge in [0.2, 0.25) is 0 Å². The van der Waals surface area contributed by atoms with Crippen molar-refractivity contribution in [2.24, 2.45) is 0 Å². The second kappa shape index (κ2) is 7.66. The summed E-state index contributed by atoms with van der Waals surface area (Å²) in [7, 11) is -3.50. The summed E-state index contributed by atoms with van der Waals surface area (Å²) >= 11 is 0. The lowest BCUT2D eigenvalue weighted by Gasteiger charge is -2.26. The Morgan fingerprint density at radius 1 is 1.07 bits per heavy atom. The lowest BCUT2D eigenvalue weighted by molar-refractivity contribution is -0.175. The number of benzene rings is 1. The maximum atomic E-state index is 12.6. The molecule has 0 aromatic heterocycles. The van der Waals surface area contributed by atoms with Gasteiger partial charge in [-0.2, -0.15) is 0 Å². The Morgan fingerprint density at radius 3 is 2.29 bits per heavy atom. The van der Waals surface area contributed by atoms with Gasteiger partial charge < -0.3 is 24.1 Å². The van der Waals surface area contributed by atoms with E-state index in [0.29, 0.717) is 6.61 Å². The standard InChI is InChI=1S/C20H30O7S/c1-13-6-8-14(9-7-13)28(22,23)11-10-15(21)17-18(27-20(4,5)26-17)16-12-24-19(2,3)25-16/h6-9,15-18,21H,10-12H2,1-5H3/t15-,16-,17+,18-/m1/s1. The molecule has 0 aliphatic carbocycles. The Balaban J connectivity index is 1.68. The molecule has 1 aromatic rings. The van der Waals surface area contributed by atoms with Crippen molar-refractivity contribution in [3.05, 3.63) is 29.8 Å². The molecule has 0 amide bonds. The van der Waals surface area contributed by atoms with Gasteiger partial charge in [-0.1, -0.05) is 17.7 Å². The van der Waals surface area contributed by atoms with Gasteiger partial charge in [-0.15, -0.1) is 0 Å². The van der Waals surface area contributed by atoms with Gasteiger partial charge in [-0.05, 0) is 53.2 Å². The zero-order valence-corrected chi connectivity index (χ0v) is 17.9. The van der Waals surface area contributed by atoms with Crippen molar-refractivity contribution in [3.8, 4) is 0 Å². The SMILES string of the molecule is Cc1ccc(S(=O)(=O)CC[C@@H](O)[C@@H]2OC(C)(C)O[C@@H]2[C@H]2COC(C)(C)O2)cc1. The molecule has 2 fully saturated rings. The van der Waals surface area contributed by atoms with Gasteiger partial charge >= 0.3 is 0 Å². The predicted molar refractivity (Wildman–Crippen MR) is 103 cm³/mol. The van der Waals surface area contributed by atoms with Crippen molar-refractivity contribution in [1.82, 2.24) is 0 Å². The Hall–Kier alpha value is -1.03. The van der Waals surface area contributed by atoms with Gasteiger partial charge in [0.25, 0.3) is 0 Å². The van der Waals surface area contributed by atoms with E-state index in [9.17, 15) is 13.5 Å². The number of sulfone groups is 1. The van der Waals surface area contributed by atoms with E-state index >= 15 is 0 Å². The van der Waals surface area contributed by atoms with Crippen molar-refractivity contribution in [1.29, 1.82) is 0 Å². The van der Waals surface area contributed by atoms with Crippen LogP contribution in [0.4, 0.5) is 0 Å². The molecule has 2 saturated heterocycles. The first-order valence-electron chi connectivity index (χ1n) is 9.53.